The fourth-order valence-corrected chi connectivity index (χ4v) is 2.14. The third kappa shape index (κ3) is 2.17. The van der Waals surface area contributed by atoms with E-state index in [0.29, 0.717) is 17.9 Å². The van der Waals surface area contributed by atoms with Crippen molar-refractivity contribution < 1.29 is 5.11 Å². The van der Waals surface area contributed by atoms with Gasteiger partial charge in [-0.1, -0.05) is 54.6 Å². The first-order chi connectivity index (χ1) is 9.79. The second-order valence-corrected chi connectivity index (χ2v) is 4.56. The van der Waals surface area contributed by atoms with Crippen molar-refractivity contribution in [3.8, 4) is 28.3 Å². The molecule has 4 nitrogen and oxygen atoms in total. The summed E-state index contributed by atoms with van der Waals surface area (Å²) in [6, 6.07) is 17.3. The van der Waals surface area contributed by atoms with Crippen LogP contribution in [-0.4, -0.2) is 15.3 Å². The molecule has 0 amide bonds. The zero-order valence-corrected chi connectivity index (χ0v) is 10.9. The van der Waals surface area contributed by atoms with Crippen LogP contribution in [0.15, 0.2) is 54.6 Å². The number of H-pyrrole nitrogens is 1. The minimum atomic E-state index is 0.164. The average molecular weight is 265 g/mol. The van der Waals surface area contributed by atoms with Crippen LogP contribution in [0.4, 0.5) is 0 Å². The van der Waals surface area contributed by atoms with Crippen LogP contribution in [0.2, 0.25) is 0 Å². The van der Waals surface area contributed by atoms with Crippen molar-refractivity contribution in [1.82, 2.24) is 10.2 Å². The number of nitrogens with one attached hydrogen (secondary N) is 1. The van der Waals surface area contributed by atoms with Crippen molar-refractivity contribution in [2.75, 3.05) is 0 Å². The predicted octanol–water partition coefficient (Wildman–Crippen LogP) is 2.91. The third-order valence-electron chi connectivity index (χ3n) is 3.27. The molecule has 20 heavy (non-hydrogen) atoms. The molecule has 0 unspecified atom stereocenters. The van der Waals surface area contributed by atoms with E-state index < -0.39 is 0 Å². The van der Waals surface area contributed by atoms with Crippen molar-refractivity contribution in [2.45, 2.75) is 6.54 Å². The standard InChI is InChI=1S/C16H15N3O/c17-10-11-6-8-13(9-7-11)15-16(20)14(18-19-15)12-4-2-1-3-5-12/h1-9,20H,10,17H2,(H,18,19). The van der Waals surface area contributed by atoms with Crippen LogP contribution >= 0.6 is 0 Å². The van der Waals surface area contributed by atoms with Gasteiger partial charge in [-0.25, -0.2) is 0 Å². The van der Waals surface area contributed by atoms with Crippen molar-refractivity contribution in [1.29, 1.82) is 0 Å². The van der Waals surface area contributed by atoms with Crippen LogP contribution in [0.25, 0.3) is 22.5 Å². The van der Waals surface area contributed by atoms with Gasteiger partial charge in [0.25, 0.3) is 0 Å². The Balaban J connectivity index is 2.01. The molecule has 0 aliphatic rings. The number of aromatic nitrogens is 2. The van der Waals surface area contributed by atoms with Gasteiger partial charge in [-0.3, -0.25) is 5.10 Å². The number of aromatic amines is 1. The van der Waals surface area contributed by atoms with Crippen molar-refractivity contribution in [2.24, 2.45) is 5.73 Å². The van der Waals surface area contributed by atoms with Gasteiger partial charge in [0.1, 0.15) is 11.4 Å². The SMILES string of the molecule is NCc1ccc(-c2[nH]nc(-c3ccccc3)c2O)cc1. The Morgan fingerprint density at radius 2 is 1.65 bits per heavy atom. The molecule has 0 aliphatic heterocycles. The summed E-state index contributed by atoms with van der Waals surface area (Å²) >= 11 is 0. The van der Waals surface area contributed by atoms with E-state index in [1.165, 1.54) is 0 Å². The maximum atomic E-state index is 10.3. The van der Waals surface area contributed by atoms with Crippen molar-refractivity contribution >= 4 is 0 Å². The second kappa shape index (κ2) is 5.19. The highest BCUT2D eigenvalue weighted by Gasteiger charge is 2.14. The largest absolute Gasteiger partial charge is 0.504 e. The number of hydrogen-bond acceptors (Lipinski definition) is 3. The smallest absolute Gasteiger partial charge is 0.169 e. The summed E-state index contributed by atoms with van der Waals surface area (Å²) in [5.74, 6) is 0.164. The Labute approximate surface area is 116 Å². The molecule has 2 aromatic carbocycles. The van der Waals surface area contributed by atoms with E-state index in [4.69, 9.17) is 5.73 Å². The van der Waals surface area contributed by atoms with Gasteiger partial charge in [-0.15, -0.1) is 0 Å². The van der Waals surface area contributed by atoms with Gasteiger partial charge >= 0.3 is 0 Å². The van der Waals surface area contributed by atoms with Crippen LogP contribution < -0.4 is 5.73 Å². The maximum absolute atomic E-state index is 10.3. The molecule has 3 aromatic rings. The third-order valence-corrected chi connectivity index (χ3v) is 3.27. The lowest BCUT2D eigenvalue weighted by atomic mass is 10.1. The van der Waals surface area contributed by atoms with E-state index in [1.807, 2.05) is 54.6 Å². The van der Waals surface area contributed by atoms with Gasteiger partial charge in [-0.2, -0.15) is 5.10 Å². The van der Waals surface area contributed by atoms with Gasteiger partial charge in [0.05, 0.1) is 0 Å². The average Bonchev–Trinajstić information content (AvgIpc) is 2.90. The minimum absolute atomic E-state index is 0.164. The van der Waals surface area contributed by atoms with Crippen LogP contribution in [-0.2, 0) is 6.54 Å². The zero-order chi connectivity index (χ0) is 13.9. The van der Waals surface area contributed by atoms with Crippen LogP contribution in [0.1, 0.15) is 5.56 Å². The molecule has 0 radical (unpaired) electrons. The summed E-state index contributed by atoms with van der Waals surface area (Å²) in [5.41, 5.74) is 9.57. The molecule has 0 saturated carbocycles. The van der Waals surface area contributed by atoms with E-state index >= 15 is 0 Å². The molecular formula is C16H15N3O. The fraction of sp³-hybridized carbons (Fsp3) is 0.0625. The summed E-state index contributed by atoms with van der Waals surface area (Å²) in [6.45, 7) is 0.504. The van der Waals surface area contributed by atoms with Crippen LogP contribution in [0, 0.1) is 0 Å². The summed E-state index contributed by atoms with van der Waals surface area (Å²) in [4.78, 5) is 0. The second-order valence-electron chi connectivity index (χ2n) is 4.56. The summed E-state index contributed by atoms with van der Waals surface area (Å²) in [5, 5.41) is 17.4. The molecule has 100 valence electrons. The molecule has 1 heterocycles. The van der Waals surface area contributed by atoms with E-state index in [2.05, 4.69) is 10.2 Å². The number of hydrogen-bond donors (Lipinski definition) is 3. The first-order valence-corrected chi connectivity index (χ1v) is 6.41. The van der Waals surface area contributed by atoms with E-state index in [-0.39, 0.29) is 5.75 Å². The van der Waals surface area contributed by atoms with Crippen LogP contribution in [0.3, 0.4) is 0 Å². The summed E-state index contributed by atoms with van der Waals surface area (Å²) in [7, 11) is 0. The molecule has 4 heteroatoms. The lowest BCUT2D eigenvalue weighted by Gasteiger charge is -2.01. The highest BCUT2D eigenvalue weighted by Crippen LogP contribution is 2.35. The van der Waals surface area contributed by atoms with E-state index in [9.17, 15) is 5.11 Å². The molecule has 3 rings (SSSR count). The minimum Gasteiger partial charge on any atom is -0.504 e. The summed E-state index contributed by atoms with van der Waals surface area (Å²) < 4.78 is 0. The lowest BCUT2D eigenvalue weighted by molar-refractivity contribution is 0.479. The zero-order valence-electron chi connectivity index (χ0n) is 10.9. The molecular weight excluding hydrogens is 250 g/mol. The van der Waals surface area contributed by atoms with Crippen LogP contribution in [0.5, 0.6) is 5.75 Å². The highest BCUT2D eigenvalue weighted by atomic mass is 16.3. The van der Waals surface area contributed by atoms with Crippen molar-refractivity contribution in [3.63, 3.8) is 0 Å². The Morgan fingerprint density at radius 3 is 2.30 bits per heavy atom. The Bertz CT molecular complexity index is 702. The number of nitrogens with zero attached hydrogens (tertiary/aromatic N) is 1. The Kier molecular flexibility index (Phi) is 3.23. The Hall–Kier alpha value is -2.59. The molecule has 0 bridgehead atoms. The van der Waals surface area contributed by atoms with E-state index in [1.54, 1.807) is 0 Å². The molecule has 0 spiro atoms. The number of benzene rings is 2. The normalized spacial score (nSPS) is 10.7. The maximum Gasteiger partial charge on any atom is 0.169 e. The van der Waals surface area contributed by atoms with Crippen molar-refractivity contribution in [3.05, 3.63) is 60.2 Å². The first-order valence-electron chi connectivity index (χ1n) is 6.41. The quantitative estimate of drug-likeness (QED) is 0.681. The molecule has 1 aromatic heterocycles. The monoisotopic (exact) mass is 265 g/mol. The highest BCUT2D eigenvalue weighted by molar-refractivity contribution is 5.77. The molecule has 0 aliphatic carbocycles. The Morgan fingerprint density at radius 1 is 0.950 bits per heavy atom. The molecule has 0 fully saturated rings. The van der Waals surface area contributed by atoms with Gasteiger partial charge < -0.3 is 10.8 Å². The molecule has 0 atom stereocenters. The molecule has 0 saturated heterocycles. The number of nitrogens with two attached hydrogens (primary N) is 1. The lowest BCUT2D eigenvalue weighted by Crippen LogP contribution is -1.95. The van der Waals surface area contributed by atoms with Gasteiger partial charge in [0.2, 0.25) is 0 Å². The van der Waals surface area contributed by atoms with Gasteiger partial charge in [0, 0.05) is 17.7 Å². The fourth-order valence-electron chi connectivity index (χ4n) is 2.14. The van der Waals surface area contributed by atoms with Gasteiger partial charge in [0.15, 0.2) is 5.75 Å². The topological polar surface area (TPSA) is 74.9 Å². The number of rotatable bonds is 3. The predicted molar refractivity (Wildman–Crippen MR) is 79.0 cm³/mol. The molecule has 4 N–H and O–H groups in total. The number of aromatic hydroxyl groups is 1. The summed E-state index contributed by atoms with van der Waals surface area (Å²) in [6.07, 6.45) is 0. The van der Waals surface area contributed by atoms with E-state index in [0.717, 1.165) is 16.7 Å². The first kappa shape index (κ1) is 12.4. The van der Waals surface area contributed by atoms with Gasteiger partial charge in [-0.05, 0) is 5.56 Å².